The van der Waals surface area contributed by atoms with Crippen molar-refractivity contribution in [2.75, 3.05) is 25.2 Å². The Bertz CT molecular complexity index is 372. The summed E-state index contributed by atoms with van der Waals surface area (Å²) >= 11 is 0. The second-order valence-electron chi connectivity index (χ2n) is 4.16. The van der Waals surface area contributed by atoms with Crippen LogP contribution in [-0.4, -0.2) is 31.7 Å². The molecule has 1 unspecified atom stereocenters. The van der Waals surface area contributed by atoms with E-state index in [9.17, 15) is 4.79 Å². The molecule has 1 saturated heterocycles. The minimum absolute atomic E-state index is 0.0869. The van der Waals surface area contributed by atoms with Crippen LogP contribution in [0.4, 0.5) is 5.69 Å². The lowest BCUT2D eigenvalue weighted by atomic mass is 9.98. The topological polar surface area (TPSA) is 55.6 Å². The van der Waals surface area contributed by atoms with E-state index in [0.717, 1.165) is 5.69 Å². The summed E-state index contributed by atoms with van der Waals surface area (Å²) in [7, 11) is 1.74. The van der Waals surface area contributed by atoms with E-state index in [0.29, 0.717) is 19.6 Å². The monoisotopic (exact) mass is 220 g/mol. The van der Waals surface area contributed by atoms with Crippen LogP contribution < -0.4 is 10.6 Å². The number of hydrogen-bond acceptors (Lipinski definition) is 3. The van der Waals surface area contributed by atoms with Crippen LogP contribution in [0.3, 0.4) is 0 Å². The van der Waals surface area contributed by atoms with Crippen molar-refractivity contribution in [3.63, 3.8) is 0 Å². The first-order valence-corrected chi connectivity index (χ1v) is 5.33. The van der Waals surface area contributed by atoms with Gasteiger partial charge >= 0.3 is 0 Å². The second kappa shape index (κ2) is 4.23. The molecule has 1 aliphatic rings. The van der Waals surface area contributed by atoms with Crippen LogP contribution in [-0.2, 0) is 9.53 Å². The van der Waals surface area contributed by atoms with Crippen molar-refractivity contribution >= 4 is 11.6 Å². The van der Waals surface area contributed by atoms with Gasteiger partial charge in [-0.15, -0.1) is 0 Å². The minimum Gasteiger partial charge on any atom is -0.379 e. The Morgan fingerprint density at radius 1 is 1.44 bits per heavy atom. The highest BCUT2D eigenvalue weighted by Gasteiger charge is 2.40. The normalized spacial score (nSPS) is 24.4. The Kier molecular flexibility index (Phi) is 2.94. The Balaban J connectivity index is 2.16. The molecule has 0 aromatic heterocycles. The van der Waals surface area contributed by atoms with Crippen LogP contribution >= 0.6 is 0 Å². The smallest absolute Gasteiger partial charge is 0.249 e. The van der Waals surface area contributed by atoms with Crippen molar-refractivity contribution in [1.82, 2.24) is 0 Å². The highest BCUT2D eigenvalue weighted by atomic mass is 16.5. The Labute approximate surface area is 95.0 Å². The summed E-state index contributed by atoms with van der Waals surface area (Å²) in [6.07, 6.45) is 0.586. The zero-order chi connectivity index (χ0) is 11.6. The van der Waals surface area contributed by atoms with Crippen LogP contribution in [0, 0.1) is 0 Å². The molecule has 1 fully saturated rings. The van der Waals surface area contributed by atoms with E-state index >= 15 is 0 Å². The van der Waals surface area contributed by atoms with E-state index in [1.807, 2.05) is 30.3 Å². The minimum atomic E-state index is -0.857. The largest absolute Gasteiger partial charge is 0.379 e. The fraction of sp³-hybridized carbons (Fsp3) is 0.417. The molecule has 1 aromatic rings. The molecule has 4 nitrogen and oxygen atoms in total. The molecule has 0 bridgehead atoms. The van der Waals surface area contributed by atoms with Crippen LogP contribution in [0.15, 0.2) is 30.3 Å². The Morgan fingerprint density at radius 3 is 2.69 bits per heavy atom. The molecule has 1 atom stereocenters. The number of rotatable bonds is 2. The molecule has 2 N–H and O–H groups in total. The van der Waals surface area contributed by atoms with Gasteiger partial charge in [0.05, 0.1) is 6.61 Å². The van der Waals surface area contributed by atoms with Crippen molar-refractivity contribution in [3.8, 4) is 0 Å². The summed E-state index contributed by atoms with van der Waals surface area (Å²) in [4.78, 5) is 13.8. The summed E-state index contributed by atoms with van der Waals surface area (Å²) < 4.78 is 5.19. The molecule has 1 heterocycles. The molecule has 0 radical (unpaired) electrons. The maximum atomic E-state index is 12.2. The van der Waals surface area contributed by atoms with Gasteiger partial charge in [-0.05, 0) is 18.6 Å². The molecule has 0 saturated carbocycles. The van der Waals surface area contributed by atoms with Gasteiger partial charge < -0.3 is 15.4 Å². The SMILES string of the molecule is CN(C(=O)C1(N)CCOC1)c1ccccc1. The quantitative estimate of drug-likeness (QED) is 0.800. The first kappa shape index (κ1) is 11.1. The highest BCUT2D eigenvalue weighted by Crippen LogP contribution is 2.21. The fourth-order valence-electron chi connectivity index (χ4n) is 1.85. The van der Waals surface area contributed by atoms with E-state index in [-0.39, 0.29) is 5.91 Å². The second-order valence-corrected chi connectivity index (χ2v) is 4.16. The number of benzene rings is 1. The van der Waals surface area contributed by atoms with E-state index in [1.165, 1.54) is 0 Å². The molecule has 1 aliphatic heterocycles. The molecule has 2 rings (SSSR count). The first-order valence-electron chi connectivity index (χ1n) is 5.33. The number of amides is 1. The van der Waals surface area contributed by atoms with Crippen LogP contribution in [0.25, 0.3) is 0 Å². The summed E-state index contributed by atoms with van der Waals surface area (Å²) in [6, 6.07) is 9.48. The predicted octanol–water partition coefficient (Wildman–Crippen LogP) is 0.767. The number of ether oxygens (including phenoxy) is 1. The number of para-hydroxylation sites is 1. The molecule has 4 heteroatoms. The number of carbonyl (C=O) groups is 1. The summed E-state index contributed by atoms with van der Waals surface area (Å²) in [5.74, 6) is -0.0869. The van der Waals surface area contributed by atoms with Gasteiger partial charge in [0.15, 0.2) is 0 Å². The van der Waals surface area contributed by atoms with Crippen LogP contribution in [0.5, 0.6) is 0 Å². The van der Waals surface area contributed by atoms with Crippen molar-refractivity contribution in [3.05, 3.63) is 30.3 Å². The van der Waals surface area contributed by atoms with E-state index < -0.39 is 5.54 Å². The highest BCUT2D eigenvalue weighted by molar-refractivity contribution is 5.99. The lowest BCUT2D eigenvalue weighted by Crippen LogP contribution is -2.55. The van der Waals surface area contributed by atoms with Crippen molar-refractivity contribution < 1.29 is 9.53 Å². The number of nitrogens with zero attached hydrogens (tertiary/aromatic N) is 1. The summed E-state index contributed by atoms with van der Waals surface area (Å²) in [5, 5.41) is 0. The molecule has 1 aromatic carbocycles. The lowest BCUT2D eigenvalue weighted by molar-refractivity contribution is -0.123. The average molecular weight is 220 g/mol. The standard InChI is InChI=1S/C12H16N2O2/c1-14(10-5-3-2-4-6-10)11(15)12(13)7-8-16-9-12/h2-6H,7-9,13H2,1H3. The maximum Gasteiger partial charge on any atom is 0.249 e. The van der Waals surface area contributed by atoms with E-state index in [4.69, 9.17) is 10.5 Å². The maximum absolute atomic E-state index is 12.2. The zero-order valence-corrected chi connectivity index (χ0v) is 9.35. The number of likely N-dealkylation sites (N-methyl/N-ethyl adjacent to an activating group) is 1. The van der Waals surface area contributed by atoms with Gasteiger partial charge in [-0.1, -0.05) is 18.2 Å². The van der Waals surface area contributed by atoms with Crippen LogP contribution in [0.2, 0.25) is 0 Å². The molecular formula is C12H16N2O2. The molecule has 0 aliphatic carbocycles. The van der Waals surface area contributed by atoms with E-state index in [1.54, 1.807) is 11.9 Å². The third-order valence-corrected chi connectivity index (χ3v) is 2.93. The molecule has 0 spiro atoms. The van der Waals surface area contributed by atoms with Gasteiger partial charge in [-0.25, -0.2) is 0 Å². The number of hydrogen-bond donors (Lipinski definition) is 1. The lowest BCUT2D eigenvalue weighted by Gasteiger charge is -2.27. The average Bonchev–Trinajstić information content (AvgIpc) is 2.77. The van der Waals surface area contributed by atoms with Gasteiger partial charge in [-0.2, -0.15) is 0 Å². The van der Waals surface area contributed by atoms with E-state index in [2.05, 4.69) is 0 Å². The van der Waals surface area contributed by atoms with Gasteiger partial charge in [0.1, 0.15) is 5.54 Å². The third-order valence-electron chi connectivity index (χ3n) is 2.93. The first-order chi connectivity index (χ1) is 7.63. The molecule has 1 amide bonds. The number of anilines is 1. The van der Waals surface area contributed by atoms with Gasteiger partial charge in [0.25, 0.3) is 0 Å². The van der Waals surface area contributed by atoms with Crippen LogP contribution in [0.1, 0.15) is 6.42 Å². The zero-order valence-electron chi connectivity index (χ0n) is 9.35. The van der Waals surface area contributed by atoms with Gasteiger partial charge in [-0.3, -0.25) is 4.79 Å². The number of carbonyl (C=O) groups excluding carboxylic acids is 1. The Morgan fingerprint density at radius 2 is 2.12 bits per heavy atom. The van der Waals surface area contributed by atoms with Crippen molar-refractivity contribution in [2.24, 2.45) is 5.73 Å². The molecular weight excluding hydrogens is 204 g/mol. The molecule has 86 valence electrons. The fourth-order valence-corrected chi connectivity index (χ4v) is 1.85. The third kappa shape index (κ3) is 1.94. The van der Waals surface area contributed by atoms with Crippen molar-refractivity contribution in [2.45, 2.75) is 12.0 Å². The van der Waals surface area contributed by atoms with Crippen molar-refractivity contribution in [1.29, 1.82) is 0 Å². The molecule has 16 heavy (non-hydrogen) atoms. The number of nitrogens with two attached hydrogens (primary N) is 1. The predicted molar refractivity (Wildman–Crippen MR) is 62.2 cm³/mol. The van der Waals surface area contributed by atoms with Gasteiger partial charge in [0, 0.05) is 19.3 Å². The summed E-state index contributed by atoms with van der Waals surface area (Å²) in [6.45, 7) is 0.869. The van der Waals surface area contributed by atoms with Gasteiger partial charge in [0.2, 0.25) is 5.91 Å². The summed E-state index contributed by atoms with van der Waals surface area (Å²) in [5.41, 5.74) is 6.02. The Hall–Kier alpha value is -1.39.